The molecule has 128 valence electrons. The van der Waals surface area contributed by atoms with Crippen molar-refractivity contribution >= 4 is 21.6 Å². The van der Waals surface area contributed by atoms with E-state index in [1.807, 2.05) is 12.1 Å². The number of hydrogen-bond donors (Lipinski definition) is 1. The molecule has 24 heavy (non-hydrogen) atoms. The molecule has 0 unspecified atom stereocenters. The van der Waals surface area contributed by atoms with Crippen LogP contribution in [0.15, 0.2) is 40.9 Å². The van der Waals surface area contributed by atoms with E-state index in [2.05, 4.69) is 56.9 Å². The molecule has 0 atom stereocenters. The molecule has 0 aliphatic carbocycles. The fraction of sp³-hybridized carbons (Fsp3) is 0.368. The zero-order valence-corrected chi connectivity index (χ0v) is 15.7. The van der Waals surface area contributed by atoms with Crippen LogP contribution in [0.3, 0.4) is 0 Å². The molecule has 1 fully saturated rings. The molecular weight excluding hydrogens is 368 g/mol. The lowest BCUT2D eigenvalue weighted by Crippen LogP contribution is -2.46. The summed E-state index contributed by atoms with van der Waals surface area (Å²) >= 11 is 3.39. The maximum Gasteiger partial charge on any atom is 0.172 e. The lowest BCUT2D eigenvalue weighted by Gasteiger charge is -2.36. The van der Waals surface area contributed by atoms with Crippen molar-refractivity contribution in [3.63, 3.8) is 0 Å². The predicted molar refractivity (Wildman–Crippen MR) is 101 cm³/mol. The Kier molecular flexibility index (Phi) is 5.31. The van der Waals surface area contributed by atoms with Crippen molar-refractivity contribution < 1.29 is 9.84 Å². The highest BCUT2D eigenvalue weighted by atomic mass is 79.9. The first-order chi connectivity index (χ1) is 11.6. The fourth-order valence-corrected chi connectivity index (χ4v) is 3.69. The van der Waals surface area contributed by atoms with Gasteiger partial charge in [-0.15, -0.1) is 0 Å². The van der Waals surface area contributed by atoms with Crippen molar-refractivity contribution in [1.82, 2.24) is 4.90 Å². The summed E-state index contributed by atoms with van der Waals surface area (Å²) in [6.07, 6.45) is 0. The Morgan fingerprint density at radius 2 is 1.83 bits per heavy atom. The molecule has 0 bridgehead atoms. The lowest BCUT2D eigenvalue weighted by atomic mass is 10.1. The van der Waals surface area contributed by atoms with Gasteiger partial charge in [0.25, 0.3) is 0 Å². The van der Waals surface area contributed by atoms with Crippen LogP contribution in [0.1, 0.15) is 11.1 Å². The molecule has 1 aliphatic rings. The quantitative estimate of drug-likeness (QED) is 0.861. The Morgan fingerprint density at radius 1 is 1.12 bits per heavy atom. The molecule has 0 saturated carbocycles. The molecule has 4 nitrogen and oxygen atoms in total. The van der Waals surface area contributed by atoms with Crippen LogP contribution in [0.5, 0.6) is 11.5 Å². The number of aryl methyl sites for hydroxylation is 1. The van der Waals surface area contributed by atoms with E-state index >= 15 is 0 Å². The predicted octanol–water partition coefficient (Wildman–Crippen LogP) is 3.79. The maximum absolute atomic E-state index is 9.92. The summed E-state index contributed by atoms with van der Waals surface area (Å²) in [6.45, 7) is 7.13. The molecule has 0 aromatic heterocycles. The van der Waals surface area contributed by atoms with Crippen LogP contribution in [-0.2, 0) is 6.54 Å². The van der Waals surface area contributed by atoms with E-state index in [0.29, 0.717) is 10.2 Å². The molecule has 1 heterocycles. The van der Waals surface area contributed by atoms with E-state index < -0.39 is 0 Å². The smallest absolute Gasteiger partial charge is 0.172 e. The van der Waals surface area contributed by atoms with Crippen molar-refractivity contribution in [3.8, 4) is 11.5 Å². The van der Waals surface area contributed by atoms with Crippen LogP contribution >= 0.6 is 15.9 Å². The number of phenols is 1. The Balaban J connectivity index is 1.64. The Hall–Kier alpha value is -1.72. The number of piperazine rings is 1. The van der Waals surface area contributed by atoms with Crippen molar-refractivity contribution in [2.45, 2.75) is 13.5 Å². The average Bonchev–Trinajstić information content (AvgIpc) is 2.59. The van der Waals surface area contributed by atoms with Crippen LogP contribution in [0.4, 0.5) is 5.69 Å². The van der Waals surface area contributed by atoms with E-state index in [1.54, 1.807) is 7.11 Å². The molecule has 2 aromatic rings. The summed E-state index contributed by atoms with van der Waals surface area (Å²) in [5.41, 5.74) is 3.81. The van der Waals surface area contributed by atoms with Gasteiger partial charge < -0.3 is 14.7 Å². The van der Waals surface area contributed by atoms with Crippen molar-refractivity contribution in [2.24, 2.45) is 0 Å². The second-order valence-electron chi connectivity index (χ2n) is 6.18. The minimum Gasteiger partial charge on any atom is -0.503 e. The summed E-state index contributed by atoms with van der Waals surface area (Å²) in [4.78, 5) is 4.90. The third kappa shape index (κ3) is 3.68. The molecule has 5 heteroatoms. The molecule has 0 spiro atoms. The van der Waals surface area contributed by atoms with Gasteiger partial charge >= 0.3 is 0 Å². The van der Waals surface area contributed by atoms with Crippen LogP contribution < -0.4 is 9.64 Å². The number of ether oxygens (including phenoxy) is 1. The zero-order chi connectivity index (χ0) is 17.1. The summed E-state index contributed by atoms with van der Waals surface area (Å²) in [5, 5.41) is 9.92. The highest BCUT2D eigenvalue weighted by Crippen LogP contribution is 2.35. The number of aromatic hydroxyl groups is 1. The summed E-state index contributed by atoms with van der Waals surface area (Å²) in [6, 6.07) is 12.4. The van der Waals surface area contributed by atoms with Gasteiger partial charge in [0.15, 0.2) is 11.5 Å². The Bertz CT molecular complexity index is 713. The largest absolute Gasteiger partial charge is 0.503 e. The van der Waals surface area contributed by atoms with E-state index in [-0.39, 0.29) is 5.75 Å². The third-order valence-electron chi connectivity index (χ3n) is 4.54. The van der Waals surface area contributed by atoms with Gasteiger partial charge in [-0.2, -0.15) is 0 Å². The second-order valence-corrected chi connectivity index (χ2v) is 7.03. The van der Waals surface area contributed by atoms with Crippen LogP contribution in [0.25, 0.3) is 0 Å². The van der Waals surface area contributed by atoms with Crippen LogP contribution in [0.2, 0.25) is 0 Å². The number of para-hydroxylation sites is 1. The van der Waals surface area contributed by atoms with Crippen molar-refractivity contribution in [3.05, 3.63) is 52.0 Å². The lowest BCUT2D eigenvalue weighted by molar-refractivity contribution is 0.249. The van der Waals surface area contributed by atoms with E-state index in [1.165, 1.54) is 11.3 Å². The number of hydrogen-bond acceptors (Lipinski definition) is 4. The molecule has 1 aliphatic heterocycles. The van der Waals surface area contributed by atoms with E-state index in [9.17, 15) is 5.11 Å². The van der Waals surface area contributed by atoms with Crippen molar-refractivity contribution in [1.29, 1.82) is 0 Å². The van der Waals surface area contributed by atoms with Gasteiger partial charge in [-0.3, -0.25) is 4.90 Å². The highest BCUT2D eigenvalue weighted by Gasteiger charge is 2.19. The van der Waals surface area contributed by atoms with Crippen LogP contribution in [-0.4, -0.2) is 43.3 Å². The summed E-state index contributed by atoms with van der Waals surface area (Å²) in [5.74, 6) is 0.670. The summed E-state index contributed by atoms with van der Waals surface area (Å²) in [7, 11) is 1.58. The van der Waals surface area contributed by atoms with E-state index in [4.69, 9.17) is 4.74 Å². The van der Waals surface area contributed by atoms with E-state index in [0.717, 1.165) is 38.3 Å². The first kappa shape index (κ1) is 17.1. The topological polar surface area (TPSA) is 35.9 Å². The number of methoxy groups -OCH3 is 1. The van der Waals surface area contributed by atoms with Gasteiger partial charge in [0, 0.05) is 38.4 Å². The highest BCUT2D eigenvalue weighted by molar-refractivity contribution is 9.10. The molecular formula is C19H23BrN2O2. The molecule has 1 saturated heterocycles. The molecule has 2 aromatic carbocycles. The van der Waals surface area contributed by atoms with Gasteiger partial charge in [-0.25, -0.2) is 0 Å². The Morgan fingerprint density at radius 3 is 2.50 bits per heavy atom. The SMILES string of the molecule is COc1cc(CN2CCN(c3ccccc3C)CC2)cc(Br)c1O. The fourth-order valence-electron chi connectivity index (χ4n) is 3.20. The Labute approximate surface area is 151 Å². The molecule has 0 radical (unpaired) electrons. The molecule has 3 rings (SSSR count). The van der Waals surface area contributed by atoms with Gasteiger partial charge in [-0.1, -0.05) is 18.2 Å². The normalized spacial score (nSPS) is 15.5. The van der Waals surface area contributed by atoms with Gasteiger partial charge in [0.2, 0.25) is 0 Å². The third-order valence-corrected chi connectivity index (χ3v) is 5.15. The number of halogens is 1. The minimum atomic E-state index is 0.158. The van der Waals surface area contributed by atoms with Gasteiger partial charge in [0.05, 0.1) is 11.6 Å². The number of phenolic OH excluding ortho intramolecular Hbond substituents is 1. The second kappa shape index (κ2) is 7.45. The first-order valence-electron chi connectivity index (χ1n) is 8.17. The standard InChI is InChI=1S/C19H23BrN2O2/c1-14-5-3-4-6-17(14)22-9-7-21(8-10-22)13-15-11-16(20)19(23)18(12-15)24-2/h3-6,11-12,23H,7-10,13H2,1-2H3. The van der Waals surface area contributed by atoms with Gasteiger partial charge in [0.1, 0.15) is 0 Å². The number of anilines is 1. The van der Waals surface area contributed by atoms with Crippen LogP contribution in [0, 0.1) is 6.92 Å². The van der Waals surface area contributed by atoms with Crippen molar-refractivity contribution in [2.75, 3.05) is 38.2 Å². The first-order valence-corrected chi connectivity index (χ1v) is 8.96. The number of rotatable bonds is 4. The average molecular weight is 391 g/mol. The zero-order valence-electron chi connectivity index (χ0n) is 14.1. The monoisotopic (exact) mass is 390 g/mol. The minimum absolute atomic E-state index is 0.158. The summed E-state index contributed by atoms with van der Waals surface area (Å²) < 4.78 is 5.91. The maximum atomic E-state index is 9.92. The molecule has 1 N–H and O–H groups in total. The number of benzene rings is 2. The van der Waals surface area contributed by atoms with Gasteiger partial charge in [-0.05, 0) is 52.2 Å². The number of nitrogens with zero attached hydrogens (tertiary/aromatic N) is 2. The molecule has 0 amide bonds.